The molecule has 0 bridgehead atoms. The highest BCUT2D eigenvalue weighted by atomic mass is 32.1. The molecule has 6 atom stereocenters. The number of aliphatic hydroxyl groups excluding tert-OH is 1. The van der Waals surface area contributed by atoms with Gasteiger partial charge in [0.15, 0.2) is 5.65 Å². The number of hydrogen-bond donors (Lipinski definition) is 5. The van der Waals surface area contributed by atoms with E-state index in [4.69, 9.17) is 10.5 Å². The number of carbonyl (C=O) groups excluding carboxylic acids is 2. The van der Waals surface area contributed by atoms with E-state index in [9.17, 15) is 48.0 Å². The van der Waals surface area contributed by atoms with E-state index in [0.29, 0.717) is 12.3 Å². The number of carbonyl (C=O) groups is 2. The predicted molar refractivity (Wildman–Crippen MR) is 155 cm³/mol. The number of anilines is 1. The second kappa shape index (κ2) is 16.1. The summed E-state index contributed by atoms with van der Waals surface area (Å²) in [7, 11) is -17.1. The third kappa shape index (κ3) is 11.8. The van der Waals surface area contributed by atoms with Gasteiger partial charge in [-0.15, -0.1) is 0 Å². The SMILES string of the molecule is CC(C)(COP(=O)([O-])OP(=O)([O-])OC[C@H]1O[C@@H](n2cnc3c(N)ccnc32)C[C@H]1OP(=O)([O-])[O-])[C@@H](O)C(=O)NCCC(=O)NCCS. The molecule has 1 saturated heterocycles. The monoisotopic (exact) mass is 746 g/mol. The molecule has 47 heavy (non-hydrogen) atoms. The summed E-state index contributed by atoms with van der Waals surface area (Å²) in [6, 6.07) is 1.48. The molecule has 1 aliphatic rings. The second-order valence-electron chi connectivity index (χ2n) is 10.7. The van der Waals surface area contributed by atoms with E-state index in [1.165, 1.54) is 37.0 Å². The maximum atomic E-state index is 12.4. The molecule has 1 fully saturated rings. The van der Waals surface area contributed by atoms with Gasteiger partial charge >= 0.3 is 0 Å². The first-order chi connectivity index (χ1) is 21.7. The Morgan fingerprint density at radius 1 is 1.17 bits per heavy atom. The number of thiol groups is 1. The van der Waals surface area contributed by atoms with E-state index in [1.54, 1.807) is 0 Å². The maximum absolute atomic E-state index is 12.4. The van der Waals surface area contributed by atoms with Crippen molar-refractivity contribution in [2.45, 2.75) is 51.2 Å². The molecule has 3 heterocycles. The molecule has 3 rings (SSSR count). The number of nitrogens with one attached hydrogen (secondary N) is 2. The Labute approximate surface area is 273 Å². The summed E-state index contributed by atoms with van der Waals surface area (Å²) in [5.41, 5.74) is 4.99. The van der Waals surface area contributed by atoms with Crippen LogP contribution in [0.1, 0.15) is 32.9 Å². The molecular formula is C22H33N6O15P3S-4. The largest absolute Gasteiger partial charge is 0.790 e. The van der Waals surface area contributed by atoms with E-state index < -0.39 is 72.5 Å². The van der Waals surface area contributed by atoms with Gasteiger partial charge in [0.1, 0.15) is 24.0 Å². The number of aromatic nitrogens is 3. The van der Waals surface area contributed by atoms with Crippen molar-refractivity contribution in [1.82, 2.24) is 25.2 Å². The van der Waals surface area contributed by atoms with Gasteiger partial charge in [-0.2, -0.15) is 12.6 Å². The molecule has 25 heteroatoms. The third-order valence-corrected chi connectivity index (χ3v) is 9.78. The lowest BCUT2D eigenvalue weighted by Crippen LogP contribution is -2.46. The number of imidazole rings is 1. The Kier molecular flexibility index (Phi) is 13.5. The Hall–Kier alpha value is -2.00. The summed E-state index contributed by atoms with van der Waals surface area (Å²) in [6.07, 6.45) is -3.91. The van der Waals surface area contributed by atoms with Gasteiger partial charge in [-0.3, -0.25) is 23.3 Å². The number of amides is 2. The number of phosphoric ester groups is 3. The minimum absolute atomic E-state index is 0.106. The summed E-state index contributed by atoms with van der Waals surface area (Å²) in [6.45, 7) is 0.629. The first-order valence-electron chi connectivity index (χ1n) is 13.6. The summed E-state index contributed by atoms with van der Waals surface area (Å²) in [4.78, 5) is 79.5. The highest BCUT2D eigenvalue weighted by Gasteiger charge is 2.40. The van der Waals surface area contributed by atoms with E-state index in [2.05, 4.69) is 51.1 Å². The van der Waals surface area contributed by atoms with Crippen LogP contribution in [0.5, 0.6) is 0 Å². The minimum Gasteiger partial charge on any atom is -0.790 e. The fraction of sp³-hybridized carbons (Fsp3) is 0.636. The molecule has 0 spiro atoms. The second-order valence-corrected chi connectivity index (χ2v) is 15.2. The zero-order valence-corrected chi connectivity index (χ0v) is 28.4. The van der Waals surface area contributed by atoms with E-state index in [-0.39, 0.29) is 42.1 Å². The summed E-state index contributed by atoms with van der Waals surface area (Å²) >= 11 is 3.94. The zero-order valence-electron chi connectivity index (χ0n) is 24.9. The van der Waals surface area contributed by atoms with Crippen LogP contribution in [0.2, 0.25) is 0 Å². The number of aliphatic hydroxyl groups is 1. The smallest absolute Gasteiger partial charge is 0.274 e. The van der Waals surface area contributed by atoms with Crippen LogP contribution in [0.15, 0.2) is 18.6 Å². The van der Waals surface area contributed by atoms with Crippen molar-refractivity contribution >= 4 is 64.8 Å². The highest BCUT2D eigenvalue weighted by molar-refractivity contribution is 7.80. The highest BCUT2D eigenvalue weighted by Crippen LogP contribution is 2.56. The van der Waals surface area contributed by atoms with Crippen molar-refractivity contribution in [3.05, 3.63) is 18.6 Å². The molecule has 2 aromatic rings. The molecule has 2 aromatic heterocycles. The number of nitrogen functional groups attached to an aromatic ring is 1. The van der Waals surface area contributed by atoms with Crippen molar-refractivity contribution in [2.24, 2.45) is 5.41 Å². The maximum Gasteiger partial charge on any atom is 0.274 e. The first-order valence-corrected chi connectivity index (χ1v) is 18.6. The predicted octanol–water partition coefficient (Wildman–Crippen LogP) is -2.56. The molecule has 0 aromatic carbocycles. The number of fused-ring (bicyclic) bond motifs is 1. The Morgan fingerprint density at radius 3 is 2.51 bits per heavy atom. The average molecular weight is 747 g/mol. The number of nitrogens with zero attached hydrogens (tertiary/aromatic N) is 3. The van der Waals surface area contributed by atoms with Crippen LogP contribution in [0.4, 0.5) is 5.69 Å². The number of nitrogens with two attached hydrogens (primary N) is 1. The number of ether oxygens (including phenoxy) is 1. The quantitative estimate of drug-likeness (QED) is 0.0773. The van der Waals surface area contributed by atoms with Crippen LogP contribution < -0.4 is 35.9 Å². The van der Waals surface area contributed by atoms with Gasteiger partial charge in [-0.1, -0.05) is 13.8 Å². The molecule has 0 radical (unpaired) electrons. The molecule has 2 unspecified atom stereocenters. The van der Waals surface area contributed by atoms with Crippen LogP contribution in [0.3, 0.4) is 0 Å². The topological polar surface area (TPSA) is 325 Å². The van der Waals surface area contributed by atoms with E-state index in [1.807, 2.05) is 0 Å². The zero-order chi connectivity index (χ0) is 35.2. The summed E-state index contributed by atoms with van der Waals surface area (Å²) < 4.78 is 60.8. The fourth-order valence-electron chi connectivity index (χ4n) is 4.16. The average Bonchev–Trinajstić information content (AvgIpc) is 3.57. The van der Waals surface area contributed by atoms with E-state index >= 15 is 0 Å². The van der Waals surface area contributed by atoms with Crippen LogP contribution in [0.25, 0.3) is 11.2 Å². The van der Waals surface area contributed by atoms with Crippen molar-refractivity contribution in [3.63, 3.8) is 0 Å². The van der Waals surface area contributed by atoms with Crippen LogP contribution >= 0.6 is 36.1 Å². The summed E-state index contributed by atoms with van der Waals surface area (Å²) in [5.74, 6) is -0.931. The lowest BCUT2D eigenvalue weighted by atomic mass is 9.87. The molecular weight excluding hydrogens is 713 g/mol. The van der Waals surface area contributed by atoms with Crippen LogP contribution in [-0.2, 0) is 45.9 Å². The normalized spacial score (nSPS) is 22.0. The minimum atomic E-state index is -5.77. The Bertz CT molecular complexity index is 1560. The van der Waals surface area contributed by atoms with Crippen LogP contribution in [-0.4, -0.2) is 81.8 Å². The number of rotatable bonds is 18. The van der Waals surface area contributed by atoms with Crippen molar-refractivity contribution in [3.8, 4) is 0 Å². The lowest BCUT2D eigenvalue weighted by Gasteiger charge is -2.36. The number of phosphoric acid groups is 3. The third-order valence-electron chi connectivity index (χ3n) is 6.51. The van der Waals surface area contributed by atoms with Crippen molar-refractivity contribution < 1.29 is 70.6 Å². The van der Waals surface area contributed by atoms with E-state index in [0.717, 1.165) is 0 Å². The fourth-order valence-corrected chi connectivity index (χ4v) is 7.00. The number of pyridine rings is 1. The van der Waals surface area contributed by atoms with Gasteiger partial charge in [0.25, 0.3) is 15.6 Å². The van der Waals surface area contributed by atoms with Gasteiger partial charge in [-0.25, -0.2) is 14.3 Å². The van der Waals surface area contributed by atoms with Gasteiger partial charge in [0, 0.05) is 43.3 Å². The Balaban J connectivity index is 1.57. The van der Waals surface area contributed by atoms with Crippen molar-refractivity contribution in [1.29, 1.82) is 0 Å². The number of hydrogen-bond acceptors (Lipinski definition) is 19. The Morgan fingerprint density at radius 2 is 1.85 bits per heavy atom. The molecule has 1 aliphatic heterocycles. The molecule has 266 valence electrons. The van der Waals surface area contributed by atoms with Gasteiger partial charge in [0.2, 0.25) is 11.8 Å². The molecule has 2 amide bonds. The van der Waals surface area contributed by atoms with Gasteiger partial charge in [0.05, 0.1) is 39.2 Å². The standard InChI is InChI=1S/C22H37N6O15P3S/c1-22(2,19(30)21(31)26-6-4-16(29)24-7-8-47)11-40-46(37,38)43-45(35,36)39-10-15-14(42-44(32,33)34)9-17(41-15)28-12-27-18-13(23)3-5-25-20(18)28/h3,5,12,14-15,17,19,30,47H,4,6-11H2,1-2H3,(H2,23,25)(H,24,29)(H,26,31)(H,35,36)(H,37,38)(H2,32,33,34)/p-4/t14-,15-,17-,19+/m1/s1. The summed E-state index contributed by atoms with van der Waals surface area (Å²) in [5, 5.41) is 15.2. The molecule has 0 saturated carbocycles. The molecule has 5 N–H and O–H groups in total. The molecule has 0 aliphatic carbocycles. The first kappa shape index (κ1) is 39.4. The van der Waals surface area contributed by atoms with Crippen molar-refractivity contribution in [2.75, 3.05) is 37.8 Å². The van der Waals surface area contributed by atoms with Crippen LogP contribution in [0, 0.1) is 5.41 Å². The van der Waals surface area contributed by atoms with Gasteiger partial charge in [-0.05, 0) is 6.07 Å². The van der Waals surface area contributed by atoms with Gasteiger partial charge < -0.3 is 63.9 Å². The molecule has 21 nitrogen and oxygen atoms in total. The lowest BCUT2D eigenvalue weighted by molar-refractivity contribution is -0.345.